The Kier molecular flexibility index (Phi) is 4.56. The molecule has 3 heteroatoms. The first-order valence-electron chi connectivity index (χ1n) is 5.95. The van der Waals surface area contributed by atoms with Gasteiger partial charge in [0, 0.05) is 12.5 Å². The summed E-state index contributed by atoms with van der Waals surface area (Å²) in [6.45, 7) is 6.76. The van der Waals surface area contributed by atoms with Gasteiger partial charge in [0.1, 0.15) is 0 Å². The minimum atomic E-state index is -0.893. The summed E-state index contributed by atoms with van der Waals surface area (Å²) < 4.78 is 5.27. The third-order valence-electron chi connectivity index (χ3n) is 3.48. The van der Waals surface area contributed by atoms with Gasteiger partial charge >= 0.3 is 0 Å². The van der Waals surface area contributed by atoms with Crippen LogP contribution in [0.15, 0.2) is 0 Å². The molecule has 1 rings (SSSR count). The Bertz CT molecular complexity index is 191. The van der Waals surface area contributed by atoms with Gasteiger partial charge in [-0.1, -0.05) is 13.3 Å². The van der Waals surface area contributed by atoms with E-state index in [-0.39, 0.29) is 12.0 Å². The maximum Gasteiger partial charge on any atom is 0.0904 e. The van der Waals surface area contributed by atoms with Crippen LogP contribution < -0.4 is 0 Å². The first-order chi connectivity index (χ1) is 6.97. The van der Waals surface area contributed by atoms with Crippen molar-refractivity contribution in [1.29, 1.82) is 0 Å². The zero-order valence-corrected chi connectivity index (χ0v) is 10.1. The number of aliphatic hydroxyl groups excluding tert-OH is 1. The highest BCUT2D eigenvalue weighted by Gasteiger charge is 2.39. The van der Waals surface area contributed by atoms with Crippen molar-refractivity contribution in [2.75, 3.05) is 13.2 Å². The number of aliphatic hydroxyl groups is 2. The van der Waals surface area contributed by atoms with E-state index in [9.17, 15) is 10.2 Å². The number of rotatable bonds is 4. The molecule has 0 spiro atoms. The standard InChI is InChI=1S/C12H24O3/c1-4-15-8-12(3,14)10-6-5-9(2)7-11(10)13/h9-11,13-14H,4-8H2,1-3H3. The van der Waals surface area contributed by atoms with E-state index < -0.39 is 5.60 Å². The summed E-state index contributed by atoms with van der Waals surface area (Å²) in [6, 6.07) is 0. The zero-order valence-electron chi connectivity index (χ0n) is 10.1. The van der Waals surface area contributed by atoms with E-state index in [4.69, 9.17) is 4.74 Å². The second-order valence-electron chi connectivity index (χ2n) is 5.09. The summed E-state index contributed by atoms with van der Waals surface area (Å²) in [6.07, 6.45) is 2.39. The van der Waals surface area contributed by atoms with Crippen LogP contribution in [0.5, 0.6) is 0 Å². The molecule has 0 saturated heterocycles. The van der Waals surface area contributed by atoms with Crippen molar-refractivity contribution in [3.8, 4) is 0 Å². The fourth-order valence-electron chi connectivity index (χ4n) is 2.49. The summed E-state index contributed by atoms with van der Waals surface area (Å²) in [5.74, 6) is 0.527. The molecule has 15 heavy (non-hydrogen) atoms. The molecule has 1 fully saturated rings. The molecule has 0 aromatic heterocycles. The highest BCUT2D eigenvalue weighted by Crippen LogP contribution is 2.35. The first kappa shape index (κ1) is 12.9. The summed E-state index contributed by atoms with van der Waals surface area (Å²) >= 11 is 0. The van der Waals surface area contributed by atoms with Gasteiger partial charge in [0.25, 0.3) is 0 Å². The number of hydrogen-bond donors (Lipinski definition) is 2. The maximum absolute atomic E-state index is 10.2. The van der Waals surface area contributed by atoms with E-state index in [1.54, 1.807) is 6.92 Å². The lowest BCUT2D eigenvalue weighted by atomic mass is 9.73. The number of hydrogen-bond acceptors (Lipinski definition) is 3. The molecule has 0 amide bonds. The van der Waals surface area contributed by atoms with Crippen LogP contribution in [0.4, 0.5) is 0 Å². The fourth-order valence-corrected chi connectivity index (χ4v) is 2.49. The van der Waals surface area contributed by atoms with E-state index in [2.05, 4.69) is 6.92 Å². The van der Waals surface area contributed by atoms with Gasteiger partial charge in [-0.25, -0.2) is 0 Å². The van der Waals surface area contributed by atoms with Gasteiger partial charge in [-0.15, -0.1) is 0 Å². The molecule has 1 aliphatic rings. The average molecular weight is 216 g/mol. The van der Waals surface area contributed by atoms with Gasteiger partial charge in [-0.3, -0.25) is 0 Å². The van der Waals surface area contributed by atoms with E-state index in [0.717, 1.165) is 19.3 Å². The summed E-state index contributed by atoms with van der Waals surface area (Å²) in [7, 11) is 0. The van der Waals surface area contributed by atoms with Gasteiger partial charge in [0.15, 0.2) is 0 Å². The van der Waals surface area contributed by atoms with Crippen molar-refractivity contribution in [1.82, 2.24) is 0 Å². The molecule has 0 aliphatic heterocycles. The molecule has 3 nitrogen and oxygen atoms in total. The lowest BCUT2D eigenvalue weighted by Gasteiger charge is -2.40. The smallest absolute Gasteiger partial charge is 0.0904 e. The monoisotopic (exact) mass is 216 g/mol. The second kappa shape index (κ2) is 5.28. The van der Waals surface area contributed by atoms with E-state index in [1.807, 2.05) is 6.92 Å². The van der Waals surface area contributed by atoms with Gasteiger partial charge in [0.05, 0.1) is 18.3 Å². The van der Waals surface area contributed by atoms with Crippen molar-refractivity contribution in [2.45, 2.75) is 51.7 Å². The van der Waals surface area contributed by atoms with E-state index in [0.29, 0.717) is 19.1 Å². The summed E-state index contributed by atoms with van der Waals surface area (Å²) in [5.41, 5.74) is -0.893. The molecule has 0 radical (unpaired) electrons. The minimum Gasteiger partial charge on any atom is -0.393 e. The van der Waals surface area contributed by atoms with E-state index in [1.165, 1.54) is 0 Å². The predicted octanol–water partition coefficient (Wildman–Crippen LogP) is 1.57. The van der Waals surface area contributed by atoms with Crippen LogP contribution in [0.1, 0.15) is 40.0 Å². The highest BCUT2D eigenvalue weighted by molar-refractivity contribution is 4.90. The van der Waals surface area contributed by atoms with Gasteiger partial charge < -0.3 is 14.9 Å². The van der Waals surface area contributed by atoms with Crippen molar-refractivity contribution in [3.05, 3.63) is 0 Å². The largest absolute Gasteiger partial charge is 0.393 e. The van der Waals surface area contributed by atoms with Crippen molar-refractivity contribution in [3.63, 3.8) is 0 Å². The van der Waals surface area contributed by atoms with Crippen LogP contribution in [-0.2, 0) is 4.74 Å². The minimum absolute atomic E-state index is 0.0414. The molecule has 4 unspecified atom stereocenters. The Morgan fingerprint density at radius 1 is 1.40 bits per heavy atom. The first-order valence-corrected chi connectivity index (χ1v) is 5.95. The normalized spacial score (nSPS) is 36.2. The molecule has 2 N–H and O–H groups in total. The maximum atomic E-state index is 10.2. The molecular weight excluding hydrogens is 192 g/mol. The van der Waals surface area contributed by atoms with Crippen LogP contribution in [0.2, 0.25) is 0 Å². The van der Waals surface area contributed by atoms with Crippen LogP contribution in [0, 0.1) is 11.8 Å². The zero-order chi connectivity index (χ0) is 11.5. The quantitative estimate of drug-likeness (QED) is 0.750. The van der Waals surface area contributed by atoms with Gasteiger partial charge in [-0.05, 0) is 32.6 Å². The van der Waals surface area contributed by atoms with Crippen LogP contribution in [0.25, 0.3) is 0 Å². The average Bonchev–Trinajstić information content (AvgIpc) is 2.14. The van der Waals surface area contributed by atoms with Crippen LogP contribution in [0.3, 0.4) is 0 Å². The number of ether oxygens (including phenoxy) is 1. The van der Waals surface area contributed by atoms with Gasteiger partial charge in [0.2, 0.25) is 0 Å². The third-order valence-corrected chi connectivity index (χ3v) is 3.48. The molecule has 0 heterocycles. The predicted molar refractivity (Wildman–Crippen MR) is 59.6 cm³/mol. The van der Waals surface area contributed by atoms with Gasteiger partial charge in [-0.2, -0.15) is 0 Å². The molecule has 0 bridgehead atoms. The Labute approximate surface area is 92.4 Å². The van der Waals surface area contributed by atoms with Crippen LogP contribution >= 0.6 is 0 Å². The Balaban J connectivity index is 2.53. The van der Waals surface area contributed by atoms with Crippen molar-refractivity contribution >= 4 is 0 Å². The molecule has 0 aromatic rings. The SMILES string of the molecule is CCOCC(C)(O)C1CCC(C)CC1O. The highest BCUT2D eigenvalue weighted by atomic mass is 16.5. The summed E-state index contributed by atoms with van der Waals surface area (Å²) in [5, 5.41) is 20.2. The van der Waals surface area contributed by atoms with Crippen molar-refractivity contribution in [2.24, 2.45) is 11.8 Å². The Morgan fingerprint density at radius 3 is 2.60 bits per heavy atom. The Morgan fingerprint density at radius 2 is 2.07 bits per heavy atom. The van der Waals surface area contributed by atoms with Crippen LogP contribution in [-0.4, -0.2) is 35.1 Å². The molecular formula is C12H24O3. The molecule has 90 valence electrons. The molecule has 1 saturated carbocycles. The van der Waals surface area contributed by atoms with E-state index >= 15 is 0 Å². The molecule has 0 aromatic carbocycles. The lowest BCUT2D eigenvalue weighted by Crippen LogP contribution is -2.47. The van der Waals surface area contributed by atoms with Crippen molar-refractivity contribution < 1.29 is 14.9 Å². The third kappa shape index (κ3) is 3.44. The molecule has 1 aliphatic carbocycles. The fraction of sp³-hybridized carbons (Fsp3) is 1.00. The molecule has 4 atom stereocenters. The topological polar surface area (TPSA) is 49.7 Å². The Hall–Kier alpha value is -0.120. The summed E-state index contributed by atoms with van der Waals surface area (Å²) in [4.78, 5) is 0. The second-order valence-corrected chi connectivity index (χ2v) is 5.09. The lowest BCUT2D eigenvalue weighted by molar-refractivity contribution is -0.120.